The molecule has 9 nitrogen and oxygen atoms in total. The molecule has 3 aromatic rings. The number of imidazole rings is 1. The van der Waals surface area contributed by atoms with E-state index in [0.717, 1.165) is 6.26 Å². The molecule has 11 heteroatoms. The Kier molecular flexibility index (Phi) is 9.64. The number of hydrogen-bond donors (Lipinski definition) is 4. The SMILES string of the molecule is CC(C)n1c(NC(c2ccccc2)S(C)(=O)=O)nc(-c2ccc(F)cc2)c1CC[C@@H](O)C[C@@H](O)CC(=O)O. The van der Waals surface area contributed by atoms with E-state index in [9.17, 15) is 27.8 Å². The highest BCUT2D eigenvalue weighted by Crippen LogP contribution is 2.34. The fourth-order valence-corrected chi connectivity index (χ4v) is 5.38. The molecule has 2 aromatic carbocycles. The number of aliphatic hydroxyl groups excluding tert-OH is 2. The van der Waals surface area contributed by atoms with Crippen molar-refractivity contribution in [1.82, 2.24) is 9.55 Å². The van der Waals surface area contributed by atoms with Crippen molar-refractivity contribution in [2.75, 3.05) is 11.6 Å². The largest absolute Gasteiger partial charge is 0.481 e. The van der Waals surface area contributed by atoms with E-state index in [1.807, 2.05) is 18.4 Å². The van der Waals surface area contributed by atoms with Gasteiger partial charge in [0.1, 0.15) is 5.82 Å². The molecule has 3 atom stereocenters. The lowest BCUT2D eigenvalue weighted by atomic mass is 10.0. The van der Waals surface area contributed by atoms with Gasteiger partial charge >= 0.3 is 5.97 Å². The van der Waals surface area contributed by atoms with Gasteiger partial charge in [-0.3, -0.25) is 4.79 Å². The van der Waals surface area contributed by atoms with Crippen molar-refractivity contribution in [2.24, 2.45) is 0 Å². The third kappa shape index (κ3) is 7.62. The lowest BCUT2D eigenvalue weighted by Crippen LogP contribution is -2.23. The summed E-state index contributed by atoms with van der Waals surface area (Å²) in [6, 6.07) is 14.3. The van der Waals surface area contributed by atoms with Gasteiger partial charge in [0.2, 0.25) is 5.95 Å². The van der Waals surface area contributed by atoms with Crippen LogP contribution in [0.5, 0.6) is 0 Å². The minimum atomic E-state index is -3.61. The third-order valence-corrected chi connectivity index (χ3v) is 7.35. The number of aromatic nitrogens is 2. The second-order valence-corrected chi connectivity index (χ2v) is 11.8. The predicted octanol–water partition coefficient (Wildman–Crippen LogP) is 3.94. The van der Waals surface area contributed by atoms with Crippen LogP contribution in [0.3, 0.4) is 0 Å². The van der Waals surface area contributed by atoms with Gasteiger partial charge in [-0.1, -0.05) is 30.3 Å². The molecule has 0 bridgehead atoms. The summed E-state index contributed by atoms with van der Waals surface area (Å²) < 4.78 is 41.1. The molecule has 0 aliphatic rings. The summed E-state index contributed by atoms with van der Waals surface area (Å²) in [5.41, 5.74) is 2.34. The topological polar surface area (TPSA) is 142 Å². The number of benzene rings is 2. The van der Waals surface area contributed by atoms with Crippen molar-refractivity contribution in [2.45, 2.75) is 63.2 Å². The standard InChI is InChI=1S/C27H34FN3O6S/c1-17(2)31-23(14-13-21(32)15-22(33)16-24(34)35)25(18-9-11-20(28)12-10-18)29-27(31)30-26(38(3,36)37)19-7-5-4-6-8-19/h4-12,17,21-22,26,32-33H,13-16H2,1-3H3,(H,29,30)(H,34,35)/t21-,22-,26?/m1/s1. The molecule has 0 radical (unpaired) electrons. The van der Waals surface area contributed by atoms with E-state index in [-0.39, 0.29) is 25.3 Å². The van der Waals surface area contributed by atoms with Gasteiger partial charge < -0.3 is 25.2 Å². The van der Waals surface area contributed by atoms with Gasteiger partial charge in [0.05, 0.1) is 24.3 Å². The molecule has 1 heterocycles. The van der Waals surface area contributed by atoms with Gasteiger partial charge in [-0.25, -0.2) is 17.8 Å². The van der Waals surface area contributed by atoms with Crippen molar-refractivity contribution in [3.05, 3.63) is 71.7 Å². The average Bonchev–Trinajstić information content (AvgIpc) is 3.19. The van der Waals surface area contributed by atoms with Crippen LogP contribution < -0.4 is 5.32 Å². The van der Waals surface area contributed by atoms with E-state index < -0.39 is 45.6 Å². The number of aliphatic carboxylic acids is 1. The van der Waals surface area contributed by atoms with Crippen LogP contribution in [-0.4, -0.2) is 57.7 Å². The molecule has 0 saturated heterocycles. The molecule has 0 amide bonds. The van der Waals surface area contributed by atoms with E-state index in [1.165, 1.54) is 12.1 Å². The second kappa shape index (κ2) is 12.5. The van der Waals surface area contributed by atoms with Crippen LogP contribution in [0.1, 0.15) is 55.8 Å². The molecule has 206 valence electrons. The molecular formula is C27H34FN3O6S. The zero-order valence-electron chi connectivity index (χ0n) is 21.6. The minimum absolute atomic E-state index is 0.108. The van der Waals surface area contributed by atoms with Crippen LogP contribution in [0, 0.1) is 5.82 Å². The quantitative estimate of drug-likeness (QED) is 0.252. The van der Waals surface area contributed by atoms with Crippen LogP contribution in [0.2, 0.25) is 0 Å². The van der Waals surface area contributed by atoms with Crippen molar-refractivity contribution in [3.8, 4) is 11.3 Å². The van der Waals surface area contributed by atoms with E-state index in [0.29, 0.717) is 28.5 Å². The Morgan fingerprint density at radius 2 is 1.68 bits per heavy atom. The summed E-state index contributed by atoms with van der Waals surface area (Å²) >= 11 is 0. The van der Waals surface area contributed by atoms with Crippen molar-refractivity contribution < 1.29 is 32.9 Å². The van der Waals surface area contributed by atoms with E-state index in [4.69, 9.17) is 10.1 Å². The van der Waals surface area contributed by atoms with Gasteiger partial charge in [-0.15, -0.1) is 0 Å². The van der Waals surface area contributed by atoms with E-state index >= 15 is 0 Å². The molecule has 0 fully saturated rings. The second-order valence-electron chi connectivity index (χ2n) is 9.65. The fraction of sp³-hybridized carbons (Fsp3) is 0.407. The Labute approximate surface area is 221 Å². The molecule has 0 aliphatic heterocycles. The number of rotatable bonds is 13. The Morgan fingerprint density at radius 3 is 2.24 bits per heavy atom. The van der Waals surface area contributed by atoms with Crippen LogP contribution in [-0.2, 0) is 21.1 Å². The molecule has 1 unspecified atom stereocenters. The maximum Gasteiger partial charge on any atom is 0.305 e. The first-order valence-corrected chi connectivity index (χ1v) is 14.3. The number of aliphatic hydroxyl groups is 2. The third-order valence-electron chi connectivity index (χ3n) is 6.10. The number of sulfone groups is 1. The summed E-state index contributed by atoms with van der Waals surface area (Å²) in [5.74, 6) is -1.27. The molecule has 3 rings (SSSR count). The highest BCUT2D eigenvalue weighted by atomic mass is 32.2. The Hall–Kier alpha value is -3.28. The number of hydrogen-bond acceptors (Lipinski definition) is 7. The number of carbonyl (C=O) groups is 1. The van der Waals surface area contributed by atoms with Crippen molar-refractivity contribution in [3.63, 3.8) is 0 Å². The number of carboxylic acids is 1. The summed E-state index contributed by atoms with van der Waals surface area (Å²) in [4.78, 5) is 15.6. The minimum Gasteiger partial charge on any atom is -0.481 e. The van der Waals surface area contributed by atoms with Crippen molar-refractivity contribution >= 4 is 21.8 Å². The zero-order valence-corrected chi connectivity index (χ0v) is 22.4. The molecular weight excluding hydrogens is 513 g/mol. The molecule has 0 saturated carbocycles. The number of nitrogens with one attached hydrogen (secondary N) is 1. The van der Waals surface area contributed by atoms with Gasteiger partial charge in [0, 0.05) is 23.6 Å². The van der Waals surface area contributed by atoms with E-state index in [1.54, 1.807) is 42.5 Å². The fourth-order valence-electron chi connectivity index (χ4n) is 4.40. The zero-order chi connectivity index (χ0) is 28.0. The molecule has 38 heavy (non-hydrogen) atoms. The highest BCUT2D eigenvalue weighted by molar-refractivity contribution is 7.91. The summed E-state index contributed by atoms with van der Waals surface area (Å²) in [6.07, 6.45) is -1.13. The number of carboxylic acid groups (broad SMARTS) is 1. The van der Waals surface area contributed by atoms with E-state index in [2.05, 4.69) is 5.32 Å². The monoisotopic (exact) mass is 547 g/mol. The molecule has 4 N–H and O–H groups in total. The van der Waals surface area contributed by atoms with Crippen LogP contribution in [0.4, 0.5) is 10.3 Å². The van der Waals surface area contributed by atoms with Crippen LogP contribution in [0.15, 0.2) is 54.6 Å². The maximum atomic E-state index is 13.7. The first-order valence-electron chi connectivity index (χ1n) is 12.3. The van der Waals surface area contributed by atoms with Gasteiger partial charge in [0.25, 0.3) is 0 Å². The lowest BCUT2D eigenvalue weighted by molar-refractivity contribution is -0.139. The average molecular weight is 548 g/mol. The predicted molar refractivity (Wildman–Crippen MR) is 143 cm³/mol. The number of halogens is 1. The first-order chi connectivity index (χ1) is 17.9. The Morgan fingerprint density at radius 1 is 1.05 bits per heavy atom. The van der Waals surface area contributed by atoms with Crippen LogP contribution in [0.25, 0.3) is 11.3 Å². The summed E-state index contributed by atoms with van der Waals surface area (Å²) in [6.45, 7) is 3.83. The molecule has 1 aromatic heterocycles. The Balaban J connectivity index is 2.03. The lowest BCUT2D eigenvalue weighted by Gasteiger charge is -2.22. The number of anilines is 1. The normalized spacial score (nSPS) is 14.3. The highest BCUT2D eigenvalue weighted by Gasteiger charge is 2.28. The van der Waals surface area contributed by atoms with Crippen LogP contribution >= 0.6 is 0 Å². The van der Waals surface area contributed by atoms with Gasteiger partial charge in [0.15, 0.2) is 15.2 Å². The Bertz CT molecular complexity index is 1330. The summed E-state index contributed by atoms with van der Waals surface area (Å²) in [7, 11) is -3.61. The van der Waals surface area contributed by atoms with Gasteiger partial charge in [-0.05, 0) is 62.9 Å². The summed E-state index contributed by atoms with van der Waals surface area (Å²) in [5, 5.41) is 31.3. The van der Waals surface area contributed by atoms with Gasteiger partial charge in [-0.2, -0.15) is 0 Å². The van der Waals surface area contributed by atoms with Crippen molar-refractivity contribution in [1.29, 1.82) is 0 Å². The molecule has 0 spiro atoms. The smallest absolute Gasteiger partial charge is 0.305 e. The first kappa shape index (κ1) is 29.3. The number of nitrogens with zero attached hydrogens (tertiary/aromatic N) is 2. The maximum absolute atomic E-state index is 13.7. The molecule has 0 aliphatic carbocycles.